The Bertz CT molecular complexity index is 454. The molecule has 2 rings (SSSR count). The number of hydrogen-bond donors (Lipinski definition) is 2. The summed E-state index contributed by atoms with van der Waals surface area (Å²) in [6, 6.07) is 0. The molecule has 1 atom stereocenters. The largest absolute Gasteiger partial charge is 0.376 e. The Morgan fingerprint density at radius 1 is 1.52 bits per heavy atom. The van der Waals surface area contributed by atoms with E-state index in [2.05, 4.69) is 32.9 Å². The maximum atomic E-state index is 5.61. The first kappa shape index (κ1) is 16.0. The van der Waals surface area contributed by atoms with Gasteiger partial charge in [0.1, 0.15) is 0 Å². The van der Waals surface area contributed by atoms with Crippen molar-refractivity contribution in [3.8, 4) is 0 Å². The van der Waals surface area contributed by atoms with Crippen molar-refractivity contribution in [2.75, 3.05) is 38.7 Å². The monoisotopic (exact) mass is 311 g/mol. The van der Waals surface area contributed by atoms with E-state index in [0.29, 0.717) is 12.6 Å². The lowest BCUT2D eigenvalue weighted by atomic mass is 10.2. The molecule has 1 fully saturated rings. The number of ether oxygens (including phenoxy) is 1. The van der Waals surface area contributed by atoms with Gasteiger partial charge in [-0.1, -0.05) is 0 Å². The van der Waals surface area contributed by atoms with Crippen LogP contribution in [0.5, 0.6) is 0 Å². The standard InChI is InChI=1S/C14H25N5OS/c1-4-15-13(17-9-12-6-5-7-20-12)16-8-11-10-21-14(18-11)19(2)3/h10,12H,4-9H2,1-3H3,(H2,15,16,17). The zero-order chi connectivity index (χ0) is 15.1. The molecule has 1 aliphatic rings. The summed E-state index contributed by atoms with van der Waals surface area (Å²) < 4.78 is 5.61. The summed E-state index contributed by atoms with van der Waals surface area (Å²) in [6.45, 7) is 5.19. The number of rotatable bonds is 6. The average Bonchev–Trinajstić information content (AvgIpc) is 3.13. The highest BCUT2D eigenvalue weighted by atomic mass is 32.1. The van der Waals surface area contributed by atoms with E-state index in [0.717, 1.165) is 49.3 Å². The fourth-order valence-corrected chi connectivity index (χ4v) is 2.84. The third-order valence-corrected chi connectivity index (χ3v) is 4.24. The number of nitrogens with zero attached hydrogens (tertiary/aromatic N) is 3. The Morgan fingerprint density at radius 3 is 3.00 bits per heavy atom. The summed E-state index contributed by atoms with van der Waals surface area (Å²) in [5.74, 6) is 0.826. The number of guanidine groups is 1. The van der Waals surface area contributed by atoms with E-state index in [-0.39, 0.29) is 0 Å². The molecule has 0 aromatic carbocycles. The number of aromatic nitrogens is 1. The minimum absolute atomic E-state index is 0.313. The van der Waals surface area contributed by atoms with Crippen molar-refractivity contribution in [1.82, 2.24) is 15.6 Å². The highest BCUT2D eigenvalue weighted by Gasteiger charge is 2.15. The van der Waals surface area contributed by atoms with Crippen LogP contribution in [0.1, 0.15) is 25.5 Å². The molecule has 7 heteroatoms. The van der Waals surface area contributed by atoms with Crippen LogP contribution >= 0.6 is 11.3 Å². The lowest BCUT2D eigenvalue weighted by molar-refractivity contribution is 0.114. The molecule has 118 valence electrons. The third-order valence-electron chi connectivity index (χ3n) is 3.19. The maximum Gasteiger partial charge on any atom is 0.191 e. The van der Waals surface area contributed by atoms with E-state index in [1.165, 1.54) is 0 Å². The first-order chi connectivity index (χ1) is 10.2. The predicted octanol–water partition coefficient (Wildman–Crippen LogP) is 1.44. The van der Waals surface area contributed by atoms with Gasteiger partial charge in [0.25, 0.3) is 0 Å². The molecular weight excluding hydrogens is 286 g/mol. The summed E-state index contributed by atoms with van der Waals surface area (Å²) in [4.78, 5) is 11.1. The number of anilines is 1. The topological polar surface area (TPSA) is 61.8 Å². The van der Waals surface area contributed by atoms with Gasteiger partial charge in [0.05, 0.1) is 18.3 Å². The zero-order valence-electron chi connectivity index (χ0n) is 13.1. The molecule has 1 aliphatic heterocycles. The molecule has 0 aliphatic carbocycles. The highest BCUT2D eigenvalue weighted by molar-refractivity contribution is 7.13. The van der Waals surface area contributed by atoms with Crippen LogP contribution in [0.2, 0.25) is 0 Å². The fraction of sp³-hybridized carbons (Fsp3) is 0.714. The molecule has 21 heavy (non-hydrogen) atoms. The van der Waals surface area contributed by atoms with Gasteiger partial charge in [-0.2, -0.15) is 0 Å². The average molecular weight is 311 g/mol. The van der Waals surface area contributed by atoms with Crippen molar-refractivity contribution < 1.29 is 4.74 Å². The Labute approximate surface area is 130 Å². The molecule has 1 aromatic rings. The molecular formula is C14H25N5OS. The Kier molecular flexibility index (Phi) is 6.25. The van der Waals surface area contributed by atoms with E-state index >= 15 is 0 Å². The van der Waals surface area contributed by atoms with Gasteiger partial charge in [-0.05, 0) is 19.8 Å². The molecule has 2 heterocycles. The van der Waals surface area contributed by atoms with Crippen molar-refractivity contribution in [3.05, 3.63) is 11.1 Å². The maximum absolute atomic E-state index is 5.61. The summed E-state index contributed by atoms with van der Waals surface area (Å²) in [5.41, 5.74) is 0.998. The van der Waals surface area contributed by atoms with Crippen LogP contribution in [0.3, 0.4) is 0 Å². The van der Waals surface area contributed by atoms with Gasteiger partial charge >= 0.3 is 0 Å². The summed E-state index contributed by atoms with van der Waals surface area (Å²) in [6.07, 6.45) is 2.60. The van der Waals surface area contributed by atoms with Crippen molar-refractivity contribution in [1.29, 1.82) is 0 Å². The zero-order valence-corrected chi connectivity index (χ0v) is 13.9. The SMILES string of the molecule is CCNC(=NCc1csc(N(C)C)n1)NCC1CCCO1. The van der Waals surface area contributed by atoms with Crippen LogP contribution in [-0.2, 0) is 11.3 Å². The van der Waals surface area contributed by atoms with Gasteiger partial charge < -0.3 is 20.3 Å². The lowest BCUT2D eigenvalue weighted by Crippen LogP contribution is -2.41. The van der Waals surface area contributed by atoms with Crippen LogP contribution in [0.25, 0.3) is 0 Å². The Hall–Kier alpha value is -1.34. The first-order valence-electron chi connectivity index (χ1n) is 7.44. The Morgan fingerprint density at radius 2 is 2.38 bits per heavy atom. The smallest absolute Gasteiger partial charge is 0.191 e. The van der Waals surface area contributed by atoms with Gasteiger partial charge in [0.15, 0.2) is 11.1 Å². The van der Waals surface area contributed by atoms with Crippen LogP contribution in [-0.4, -0.2) is 50.8 Å². The van der Waals surface area contributed by atoms with E-state index < -0.39 is 0 Å². The molecule has 1 unspecified atom stereocenters. The molecule has 2 N–H and O–H groups in total. The summed E-state index contributed by atoms with van der Waals surface area (Å²) in [7, 11) is 4.00. The highest BCUT2D eigenvalue weighted by Crippen LogP contribution is 2.18. The normalized spacial score (nSPS) is 18.8. The second kappa shape index (κ2) is 8.19. The molecule has 0 radical (unpaired) electrons. The fourth-order valence-electron chi connectivity index (χ4n) is 2.09. The van der Waals surface area contributed by atoms with Crippen LogP contribution in [0.4, 0.5) is 5.13 Å². The number of hydrogen-bond acceptors (Lipinski definition) is 5. The van der Waals surface area contributed by atoms with Gasteiger partial charge in [-0.3, -0.25) is 0 Å². The van der Waals surface area contributed by atoms with E-state index in [4.69, 9.17) is 4.74 Å². The number of thiazole rings is 1. The second-order valence-corrected chi connectivity index (χ2v) is 6.06. The predicted molar refractivity (Wildman–Crippen MR) is 88.2 cm³/mol. The van der Waals surface area contributed by atoms with E-state index in [9.17, 15) is 0 Å². The van der Waals surface area contributed by atoms with Crippen molar-refractivity contribution in [3.63, 3.8) is 0 Å². The lowest BCUT2D eigenvalue weighted by Gasteiger charge is -2.14. The number of aliphatic imine (C=N–C) groups is 1. The van der Waals surface area contributed by atoms with E-state index in [1.807, 2.05) is 19.0 Å². The minimum atomic E-state index is 0.313. The van der Waals surface area contributed by atoms with Crippen molar-refractivity contribution in [2.45, 2.75) is 32.4 Å². The Balaban J connectivity index is 1.86. The molecule has 0 spiro atoms. The van der Waals surface area contributed by atoms with Gasteiger partial charge in [-0.25, -0.2) is 9.98 Å². The summed E-state index contributed by atoms with van der Waals surface area (Å²) in [5, 5.41) is 9.67. The molecule has 1 aromatic heterocycles. The molecule has 1 saturated heterocycles. The van der Waals surface area contributed by atoms with Crippen LogP contribution in [0, 0.1) is 0 Å². The van der Waals surface area contributed by atoms with Gasteiger partial charge in [0, 0.05) is 39.2 Å². The van der Waals surface area contributed by atoms with Gasteiger partial charge in [-0.15, -0.1) is 11.3 Å². The first-order valence-corrected chi connectivity index (χ1v) is 8.32. The minimum Gasteiger partial charge on any atom is -0.376 e. The molecule has 0 saturated carbocycles. The molecule has 0 amide bonds. The van der Waals surface area contributed by atoms with Crippen LogP contribution in [0.15, 0.2) is 10.4 Å². The molecule has 6 nitrogen and oxygen atoms in total. The van der Waals surface area contributed by atoms with Crippen molar-refractivity contribution >= 4 is 22.4 Å². The van der Waals surface area contributed by atoms with E-state index in [1.54, 1.807) is 11.3 Å². The van der Waals surface area contributed by atoms with Gasteiger partial charge in [0.2, 0.25) is 0 Å². The third kappa shape index (κ3) is 5.17. The number of nitrogens with one attached hydrogen (secondary N) is 2. The van der Waals surface area contributed by atoms with Crippen molar-refractivity contribution in [2.24, 2.45) is 4.99 Å². The summed E-state index contributed by atoms with van der Waals surface area (Å²) >= 11 is 1.64. The second-order valence-electron chi connectivity index (χ2n) is 5.23. The quantitative estimate of drug-likeness (QED) is 0.615. The molecule has 0 bridgehead atoms. The van der Waals surface area contributed by atoms with Crippen LogP contribution < -0.4 is 15.5 Å².